The minimum atomic E-state index is -0.182. The molecule has 1 aliphatic carbocycles. The number of pyridine rings is 2. The molecule has 0 saturated heterocycles. The van der Waals surface area contributed by atoms with E-state index in [1.54, 1.807) is 12.3 Å². The lowest BCUT2D eigenvalue weighted by molar-refractivity contribution is 0.0946. The summed E-state index contributed by atoms with van der Waals surface area (Å²) in [6.07, 6.45) is 3.61. The molecule has 152 valence electrons. The summed E-state index contributed by atoms with van der Waals surface area (Å²) >= 11 is 7.62. The zero-order chi connectivity index (χ0) is 21.8. The predicted molar refractivity (Wildman–Crippen MR) is 118 cm³/mol. The van der Waals surface area contributed by atoms with E-state index in [0.717, 1.165) is 24.0 Å². The summed E-state index contributed by atoms with van der Waals surface area (Å²) < 4.78 is 0. The average molecular weight is 446 g/mol. The molecule has 3 aromatic rings. The first-order valence-electron chi connectivity index (χ1n) is 9.58. The fraction of sp³-hybridized carbons (Fsp3) is 0.174. The third-order valence-electron chi connectivity index (χ3n) is 4.75. The number of rotatable bonds is 6. The fourth-order valence-electron chi connectivity index (χ4n) is 3.07. The number of nitrogens with one attached hydrogen (secondary N) is 1. The Bertz CT molecular complexity index is 1230. The topological polar surface area (TPSA) is 102 Å². The predicted octanol–water partition coefficient (Wildman–Crippen LogP) is 4.72. The van der Waals surface area contributed by atoms with Crippen LogP contribution in [0.4, 0.5) is 0 Å². The smallest absolute Gasteiger partial charge is 0.270 e. The Morgan fingerprint density at radius 3 is 2.58 bits per heavy atom. The maximum Gasteiger partial charge on any atom is 0.270 e. The van der Waals surface area contributed by atoms with E-state index in [9.17, 15) is 15.3 Å². The van der Waals surface area contributed by atoms with Crippen molar-refractivity contribution in [2.24, 2.45) is 0 Å². The van der Waals surface area contributed by atoms with Gasteiger partial charge < -0.3 is 5.32 Å². The number of hydrogen-bond acceptors (Lipinski definition) is 6. The van der Waals surface area contributed by atoms with Gasteiger partial charge in [-0.15, -0.1) is 11.8 Å². The minimum absolute atomic E-state index is 0.0575. The van der Waals surface area contributed by atoms with Crippen LogP contribution in [0.3, 0.4) is 0 Å². The van der Waals surface area contributed by atoms with Crippen molar-refractivity contribution in [2.75, 3.05) is 0 Å². The van der Waals surface area contributed by atoms with Crippen molar-refractivity contribution < 1.29 is 4.79 Å². The van der Waals surface area contributed by atoms with E-state index < -0.39 is 0 Å². The molecule has 0 spiro atoms. The molecule has 1 N–H and O–H groups in total. The van der Waals surface area contributed by atoms with Crippen LogP contribution in [-0.4, -0.2) is 21.9 Å². The molecule has 8 heteroatoms. The summed E-state index contributed by atoms with van der Waals surface area (Å²) in [4.78, 5) is 20.7. The highest BCUT2D eigenvalue weighted by Gasteiger charge is 2.24. The van der Waals surface area contributed by atoms with Crippen LogP contribution in [0.2, 0.25) is 5.15 Å². The van der Waals surface area contributed by atoms with Gasteiger partial charge in [0, 0.05) is 23.6 Å². The van der Waals surface area contributed by atoms with Gasteiger partial charge in [0.25, 0.3) is 5.91 Å². The van der Waals surface area contributed by atoms with Crippen molar-refractivity contribution >= 4 is 29.3 Å². The van der Waals surface area contributed by atoms with Gasteiger partial charge in [0.15, 0.2) is 0 Å². The largest absolute Gasteiger partial charge is 0.348 e. The summed E-state index contributed by atoms with van der Waals surface area (Å²) in [5.41, 5.74) is 2.92. The quantitative estimate of drug-likeness (QED) is 0.434. The second kappa shape index (κ2) is 9.18. The first-order valence-corrected chi connectivity index (χ1v) is 10.9. The first kappa shape index (κ1) is 20.9. The van der Waals surface area contributed by atoms with Crippen molar-refractivity contribution in [2.45, 2.75) is 29.7 Å². The van der Waals surface area contributed by atoms with E-state index in [4.69, 9.17) is 11.6 Å². The van der Waals surface area contributed by atoms with Gasteiger partial charge in [-0.2, -0.15) is 10.5 Å². The molecule has 2 aromatic heterocycles. The van der Waals surface area contributed by atoms with Gasteiger partial charge in [-0.1, -0.05) is 41.9 Å². The number of carbonyl (C=O) groups excluding carboxylic acids is 1. The summed E-state index contributed by atoms with van der Waals surface area (Å²) in [6, 6.07) is 17.3. The molecule has 1 aromatic carbocycles. The lowest BCUT2D eigenvalue weighted by Gasteiger charge is -2.12. The molecule has 0 atom stereocenters. The summed E-state index contributed by atoms with van der Waals surface area (Å²) in [7, 11) is 0. The van der Waals surface area contributed by atoms with Gasteiger partial charge in [-0.25, -0.2) is 4.98 Å². The molecule has 2 heterocycles. The number of aromatic nitrogens is 2. The monoisotopic (exact) mass is 445 g/mol. The van der Waals surface area contributed by atoms with Gasteiger partial charge >= 0.3 is 0 Å². The molecular formula is C23H16ClN5OS. The van der Waals surface area contributed by atoms with Crippen molar-refractivity contribution in [1.29, 1.82) is 10.5 Å². The molecule has 0 unspecified atom stereocenters. The zero-order valence-corrected chi connectivity index (χ0v) is 17.9. The lowest BCUT2D eigenvalue weighted by atomic mass is 9.98. The number of benzene rings is 1. The van der Waals surface area contributed by atoms with Crippen molar-refractivity contribution in [3.8, 4) is 23.3 Å². The molecule has 0 radical (unpaired) electrons. The summed E-state index contributed by atoms with van der Waals surface area (Å²) in [6.45, 7) is 0. The van der Waals surface area contributed by atoms with Gasteiger partial charge in [0.2, 0.25) is 0 Å². The molecule has 0 aliphatic heterocycles. The van der Waals surface area contributed by atoms with Gasteiger partial charge in [-0.3, -0.25) is 9.78 Å². The molecule has 0 bridgehead atoms. The molecule has 1 fully saturated rings. The second-order valence-electron chi connectivity index (χ2n) is 7.01. The molecule has 6 nitrogen and oxygen atoms in total. The molecule has 1 amide bonds. The number of hydrogen-bond donors (Lipinski definition) is 1. The Morgan fingerprint density at radius 2 is 1.90 bits per heavy atom. The molecular weight excluding hydrogens is 430 g/mol. The van der Waals surface area contributed by atoms with Crippen molar-refractivity contribution in [3.63, 3.8) is 0 Å². The van der Waals surface area contributed by atoms with E-state index in [1.807, 2.05) is 36.4 Å². The van der Waals surface area contributed by atoms with Crippen LogP contribution in [-0.2, 0) is 5.75 Å². The zero-order valence-electron chi connectivity index (χ0n) is 16.3. The Labute approximate surface area is 188 Å². The molecule has 1 saturated carbocycles. The maximum atomic E-state index is 12.3. The Hall–Kier alpha value is -3.39. The van der Waals surface area contributed by atoms with Gasteiger partial charge in [0.1, 0.15) is 28.0 Å². The highest BCUT2D eigenvalue weighted by atomic mass is 35.5. The third kappa shape index (κ3) is 4.69. The second-order valence-corrected chi connectivity index (χ2v) is 8.33. The third-order valence-corrected chi connectivity index (χ3v) is 6.07. The van der Waals surface area contributed by atoms with E-state index >= 15 is 0 Å². The van der Waals surface area contributed by atoms with Crippen LogP contribution >= 0.6 is 23.4 Å². The minimum Gasteiger partial charge on any atom is -0.348 e. The number of nitriles is 2. The summed E-state index contributed by atoms with van der Waals surface area (Å²) in [5.74, 6) is 0.280. The van der Waals surface area contributed by atoms with Gasteiger partial charge in [-0.05, 0) is 36.1 Å². The van der Waals surface area contributed by atoms with E-state index in [2.05, 4.69) is 27.4 Å². The average Bonchev–Trinajstić information content (AvgIpc) is 3.62. The highest BCUT2D eigenvalue weighted by Crippen LogP contribution is 2.37. The lowest BCUT2D eigenvalue weighted by Crippen LogP contribution is -2.26. The summed E-state index contributed by atoms with van der Waals surface area (Å²) in [5, 5.41) is 22.9. The normalized spacial score (nSPS) is 12.6. The van der Waals surface area contributed by atoms with Crippen LogP contribution in [0.1, 0.15) is 40.0 Å². The van der Waals surface area contributed by atoms with Gasteiger partial charge in [0.05, 0.1) is 11.1 Å². The fourth-order valence-corrected chi connectivity index (χ4v) is 4.27. The Kier molecular flexibility index (Phi) is 6.18. The highest BCUT2D eigenvalue weighted by molar-refractivity contribution is 7.98. The molecule has 31 heavy (non-hydrogen) atoms. The van der Waals surface area contributed by atoms with E-state index in [-0.39, 0.29) is 22.7 Å². The number of carbonyl (C=O) groups is 1. The van der Waals surface area contributed by atoms with Crippen LogP contribution in [0.25, 0.3) is 11.1 Å². The van der Waals surface area contributed by atoms with Crippen LogP contribution in [0.15, 0.2) is 53.7 Å². The number of amides is 1. The molecule has 1 aliphatic rings. The standard InChI is InChI=1S/C23H16ClN5OS/c24-21-17(11-25)20(15-4-2-1-3-5-15)18(12-26)23(29-21)31-13-14-8-9-27-19(10-14)22(30)28-16-6-7-16/h1-5,8-10,16H,6-7,13H2,(H,28,30). The van der Waals surface area contributed by atoms with Crippen LogP contribution in [0.5, 0.6) is 0 Å². The number of nitrogens with zero attached hydrogens (tertiary/aromatic N) is 4. The molecule has 4 rings (SSSR count). The van der Waals surface area contributed by atoms with E-state index in [1.165, 1.54) is 11.8 Å². The number of thioether (sulfide) groups is 1. The van der Waals surface area contributed by atoms with E-state index in [0.29, 0.717) is 27.6 Å². The van der Waals surface area contributed by atoms with Crippen LogP contribution in [0, 0.1) is 22.7 Å². The first-order chi connectivity index (χ1) is 15.1. The number of halogens is 1. The Morgan fingerprint density at radius 1 is 1.16 bits per heavy atom. The van der Waals surface area contributed by atoms with Crippen LogP contribution < -0.4 is 5.32 Å². The Balaban J connectivity index is 1.64. The van der Waals surface area contributed by atoms with Crippen molar-refractivity contribution in [3.05, 3.63) is 76.2 Å². The SMILES string of the molecule is N#Cc1c(Cl)nc(SCc2ccnc(C(=O)NC3CC3)c2)c(C#N)c1-c1ccccc1. The maximum absolute atomic E-state index is 12.3. The van der Waals surface area contributed by atoms with Crippen molar-refractivity contribution in [1.82, 2.24) is 15.3 Å².